The van der Waals surface area contributed by atoms with Gasteiger partial charge in [0.05, 0.1) is 11.7 Å². The zero-order chi connectivity index (χ0) is 10.3. The number of hydrogen-bond acceptors (Lipinski definition) is 2. The summed E-state index contributed by atoms with van der Waals surface area (Å²) in [5, 5.41) is 7.84. The second-order valence-corrected chi connectivity index (χ2v) is 3.44. The first-order valence-electron chi connectivity index (χ1n) is 4.71. The van der Waals surface area contributed by atoms with Crippen molar-refractivity contribution in [2.45, 2.75) is 0 Å². The topological polar surface area (TPSA) is 70.5 Å². The van der Waals surface area contributed by atoms with Crippen LogP contribution in [0.15, 0.2) is 36.7 Å². The Hall–Kier alpha value is -2.23. The quantitative estimate of drug-likeness (QED) is 0.560. The van der Waals surface area contributed by atoms with Gasteiger partial charge in [-0.3, -0.25) is 5.10 Å². The van der Waals surface area contributed by atoms with Gasteiger partial charge in [0.2, 0.25) is 0 Å². The minimum Gasteiger partial charge on any atom is -0.384 e. The summed E-state index contributed by atoms with van der Waals surface area (Å²) in [6, 6.07) is 8.14. The van der Waals surface area contributed by atoms with Crippen LogP contribution in [0.4, 0.5) is 5.82 Å². The molecule has 0 amide bonds. The van der Waals surface area contributed by atoms with E-state index in [-0.39, 0.29) is 0 Å². The summed E-state index contributed by atoms with van der Waals surface area (Å²) >= 11 is 0. The van der Waals surface area contributed by atoms with Crippen LogP contribution in [0.1, 0.15) is 0 Å². The lowest BCUT2D eigenvalue weighted by Gasteiger charge is -2.01. The second-order valence-electron chi connectivity index (χ2n) is 3.44. The lowest BCUT2D eigenvalue weighted by atomic mass is 10.1. The molecule has 0 aliphatic carbocycles. The maximum Gasteiger partial charge on any atom is 0.126 e. The fourth-order valence-corrected chi connectivity index (χ4v) is 1.82. The van der Waals surface area contributed by atoms with Crippen molar-refractivity contribution < 1.29 is 0 Å². The SMILES string of the molecule is Nc1[nH]ncc1-c1cccc2cc[nH]c12. The first-order valence-corrected chi connectivity index (χ1v) is 4.71. The minimum atomic E-state index is 0.595. The molecule has 0 radical (unpaired) electrons. The van der Waals surface area contributed by atoms with Gasteiger partial charge in [0.25, 0.3) is 0 Å². The van der Waals surface area contributed by atoms with Crippen LogP contribution in [0, 0.1) is 0 Å². The van der Waals surface area contributed by atoms with E-state index in [1.165, 1.54) is 5.39 Å². The molecule has 0 atom stereocenters. The molecule has 0 unspecified atom stereocenters. The number of nitrogens with one attached hydrogen (secondary N) is 2. The molecule has 0 saturated heterocycles. The fraction of sp³-hybridized carbons (Fsp3) is 0. The van der Waals surface area contributed by atoms with Crippen LogP contribution in [-0.2, 0) is 0 Å². The third-order valence-electron chi connectivity index (χ3n) is 2.55. The van der Waals surface area contributed by atoms with Crippen molar-refractivity contribution in [3.05, 3.63) is 36.7 Å². The largest absolute Gasteiger partial charge is 0.384 e. The molecule has 0 saturated carbocycles. The van der Waals surface area contributed by atoms with Crippen molar-refractivity contribution in [3.8, 4) is 11.1 Å². The number of rotatable bonds is 1. The number of hydrogen-bond donors (Lipinski definition) is 3. The van der Waals surface area contributed by atoms with Gasteiger partial charge in [-0.2, -0.15) is 5.10 Å². The molecule has 4 heteroatoms. The molecule has 0 spiro atoms. The summed E-state index contributed by atoms with van der Waals surface area (Å²) in [5.41, 5.74) is 8.90. The minimum absolute atomic E-state index is 0.595. The van der Waals surface area contributed by atoms with Crippen LogP contribution < -0.4 is 5.73 Å². The fourth-order valence-electron chi connectivity index (χ4n) is 1.82. The van der Waals surface area contributed by atoms with E-state index in [4.69, 9.17) is 5.73 Å². The Morgan fingerprint density at radius 1 is 1.13 bits per heavy atom. The van der Waals surface area contributed by atoms with Crippen molar-refractivity contribution in [1.29, 1.82) is 0 Å². The Kier molecular flexibility index (Phi) is 1.56. The van der Waals surface area contributed by atoms with Gasteiger partial charge in [-0.05, 0) is 11.5 Å². The predicted octanol–water partition coefficient (Wildman–Crippen LogP) is 2.14. The van der Waals surface area contributed by atoms with E-state index in [9.17, 15) is 0 Å². The summed E-state index contributed by atoms with van der Waals surface area (Å²) in [6.45, 7) is 0. The summed E-state index contributed by atoms with van der Waals surface area (Å²) in [5.74, 6) is 0.595. The number of para-hydroxylation sites is 1. The van der Waals surface area contributed by atoms with E-state index >= 15 is 0 Å². The van der Waals surface area contributed by atoms with E-state index < -0.39 is 0 Å². The van der Waals surface area contributed by atoms with Crippen molar-refractivity contribution in [2.75, 3.05) is 5.73 Å². The molecule has 2 aromatic heterocycles. The maximum absolute atomic E-state index is 5.80. The number of nitrogens with two attached hydrogens (primary N) is 1. The predicted molar refractivity (Wildman–Crippen MR) is 60.3 cm³/mol. The standard InChI is InChI=1S/C11H10N4/c12-11-9(6-14-15-11)8-3-1-2-7-4-5-13-10(7)8/h1-6,13H,(H3,12,14,15). The number of aromatic amines is 2. The third kappa shape index (κ3) is 1.11. The summed E-state index contributed by atoms with van der Waals surface area (Å²) in [7, 11) is 0. The summed E-state index contributed by atoms with van der Waals surface area (Å²) in [6.07, 6.45) is 3.66. The molecule has 15 heavy (non-hydrogen) atoms. The van der Waals surface area contributed by atoms with Crippen LogP contribution in [0.3, 0.4) is 0 Å². The van der Waals surface area contributed by atoms with Gasteiger partial charge in [0.15, 0.2) is 0 Å². The smallest absolute Gasteiger partial charge is 0.126 e. The summed E-state index contributed by atoms with van der Waals surface area (Å²) in [4.78, 5) is 3.21. The van der Waals surface area contributed by atoms with Gasteiger partial charge in [0.1, 0.15) is 5.82 Å². The Morgan fingerprint density at radius 3 is 2.87 bits per heavy atom. The Balaban J connectivity index is 2.36. The molecule has 0 aliphatic rings. The van der Waals surface area contributed by atoms with Crippen LogP contribution in [0.2, 0.25) is 0 Å². The Labute approximate surface area is 86.1 Å². The van der Waals surface area contributed by atoms with Crippen molar-refractivity contribution >= 4 is 16.7 Å². The van der Waals surface area contributed by atoms with Gasteiger partial charge >= 0.3 is 0 Å². The van der Waals surface area contributed by atoms with Crippen molar-refractivity contribution in [1.82, 2.24) is 15.2 Å². The molecule has 3 rings (SSSR count). The first-order chi connectivity index (χ1) is 7.36. The number of nitrogen functional groups attached to an aromatic ring is 1. The van der Waals surface area contributed by atoms with Gasteiger partial charge in [0, 0.05) is 17.3 Å². The molecular formula is C11H10N4. The zero-order valence-corrected chi connectivity index (χ0v) is 7.99. The van der Waals surface area contributed by atoms with E-state index in [2.05, 4.69) is 21.2 Å². The highest BCUT2D eigenvalue weighted by atomic mass is 15.1. The number of anilines is 1. The molecule has 1 aromatic carbocycles. The highest BCUT2D eigenvalue weighted by Gasteiger charge is 2.08. The number of benzene rings is 1. The van der Waals surface area contributed by atoms with E-state index in [1.54, 1.807) is 6.20 Å². The highest BCUT2D eigenvalue weighted by Crippen LogP contribution is 2.29. The second kappa shape index (κ2) is 2.88. The van der Waals surface area contributed by atoms with Crippen molar-refractivity contribution in [3.63, 3.8) is 0 Å². The highest BCUT2D eigenvalue weighted by molar-refractivity contribution is 5.96. The van der Waals surface area contributed by atoms with Gasteiger partial charge in [-0.1, -0.05) is 18.2 Å². The first kappa shape index (κ1) is 8.11. The van der Waals surface area contributed by atoms with E-state index in [0.29, 0.717) is 5.82 Å². The maximum atomic E-state index is 5.80. The number of nitrogens with zero attached hydrogens (tertiary/aromatic N) is 1. The Bertz CT molecular complexity index is 606. The molecule has 4 nitrogen and oxygen atoms in total. The molecule has 74 valence electrons. The molecule has 4 N–H and O–H groups in total. The lowest BCUT2D eigenvalue weighted by molar-refractivity contribution is 1.10. The molecule has 0 aliphatic heterocycles. The van der Waals surface area contributed by atoms with Crippen LogP contribution >= 0.6 is 0 Å². The molecule has 0 bridgehead atoms. The number of H-pyrrole nitrogens is 2. The van der Waals surface area contributed by atoms with Crippen LogP contribution in [0.25, 0.3) is 22.0 Å². The lowest BCUT2D eigenvalue weighted by Crippen LogP contribution is -1.88. The molecule has 3 aromatic rings. The van der Waals surface area contributed by atoms with E-state index in [0.717, 1.165) is 16.6 Å². The van der Waals surface area contributed by atoms with Gasteiger partial charge in [-0.15, -0.1) is 0 Å². The molecule has 0 fully saturated rings. The van der Waals surface area contributed by atoms with Gasteiger partial charge < -0.3 is 10.7 Å². The third-order valence-corrected chi connectivity index (χ3v) is 2.55. The monoisotopic (exact) mass is 198 g/mol. The van der Waals surface area contributed by atoms with Crippen molar-refractivity contribution in [2.24, 2.45) is 0 Å². The average Bonchev–Trinajstić information content (AvgIpc) is 2.85. The van der Waals surface area contributed by atoms with E-state index in [1.807, 2.05) is 24.4 Å². The average molecular weight is 198 g/mol. The molecule has 2 heterocycles. The number of fused-ring (bicyclic) bond motifs is 1. The van der Waals surface area contributed by atoms with Crippen LogP contribution in [-0.4, -0.2) is 15.2 Å². The Morgan fingerprint density at radius 2 is 2.07 bits per heavy atom. The van der Waals surface area contributed by atoms with Crippen LogP contribution in [0.5, 0.6) is 0 Å². The molecular weight excluding hydrogens is 188 g/mol. The van der Waals surface area contributed by atoms with Gasteiger partial charge in [-0.25, -0.2) is 0 Å². The number of aromatic nitrogens is 3. The normalized spacial score (nSPS) is 10.9. The summed E-state index contributed by atoms with van der Waals surface area (Å²) < 4.78 is 0. The zero-order valence-electron chi connectivity index (χ0n) is 7.99.